The molecular weight excluding hydrogens is 422 g/mol. The minimum atomic E-state index is -0.719. The summed E-state index contributed by atoms with van der Waals surface area (Å²) in [4.78, 5) is 9.67. The number of hydrogen-bond donors (Lipinski definition) is 1. The number of unbranched alkanes of at least 4 members (excludes halogenated alkanes) is 1. The molecule has 0 bridgehead atoms. The Morgan fingerprint density at radius 3 is 3.17 bits per heavy atom. The molecule has 1 aromatic carbocycles. The highest BCUT2D eigenvalue weighted by Gasteiger charge is 2.34. The van der Waals surface area contributed by atoms with Crippen LogP contribution in [0.15, 0.2) is 18.3 Å². The molecule has 0 fully saturated rings. The number of halogens is 2. The first-order valence-electron chi connectivity index (χ1n) is 7.66. The topological polar surface area (TPSA) is 53.6 Å². The second-order valence-electron chi connectivity index (χ2n) is 5.70. The van der Waals surface area contributed by atoms with Crippen molar-refractivity contribution >= 4 is 34.1 Å². The van der Waals surface area contributed by atoms with Gasteiger partial charge in [0.15, 0.2) is 17.3 Å². The van der Waals surface area contributed by atoms with Crippen LogP contribution in [-0.2, 0) is 6.42 Å². The third kappa shape index (κ3) is 2.75. The molecule has 4 rings (SSSR count). The van der Waals surface area contributed by atoms with E-state index in [1.807, 2.05) is 12.1 Å². The second kappa shape index (κ2) is 6.09. The minimum absolute atomic E-state index is 0.0295. The summed E-state index contributed by atoms with van der Waals surface area (Å²) in [6.07, 6.45) is 8.32. The number of fused-ring (bicyclic) bond motifs is 2. The van der Waals surface area contributed by atoms with Crippen LogP contribution in [0.4, 0.5) is 15.9 Å². The SMILES string of the molecule is C#CCCCN1c2nc(F)ncc2NC1Cc1c(I)ccc2c1O2. The van der Waals surface area contributed by atoms with Gasteiger partial charge in [-0.05, 0) is 41.1 Å². The number of terminal acetylenes is 1. The van der Waals surface area contributed by atoms with Gasteiger partial charge in [0, 0.05) is 28.5 Å². The number of nitrogens with zero attached hydrogens (tertiary/aromatic N) is 3. The maximum Gasteiger partial charge on any atom is 0.310 e. The maximum atomic E-state index is 13.5. The van der Waals surface area contributed by atoms with Crippen molar-refractivity contribution in [3.63, 3.8) is 0 Å². The number of benzene rings is 1. The van der Waals surface area contributed by atoms with Gasteiger partial charge in [-0.2, -0.15) is 9.37 Å². The van der Waals surface area contributed by atoms with Crippen LogP contribution in [0.3, 0.4) is 0 Å². The van der Waals surface area contributed by atoms with E-state index in [0.29, 0.717) is 18.8 Å². The van der Waals surface area contributed by atoms with Crippen LogP contribution in [0.25, 0.3) is 0 Å². The largest absolute Gasteiger partial charge is 0.449 e. The van der Waals surface area contributed by atoms with Crippen molar-refractivity contribution in [2.75, 3.05) is 16.8 Å². The number of hydrogen-bond acceptors (Lipinski definition) is 5. The summed E-state index contributed by atoms with van der Waals surface area (Å²) in [5.74, 6) is 5.13. The molecule has 3 heterocycles. The molecule has 0 saturated carbocycles. The quantitative estimate of drug-likeness (QED) is 0.218. The van der Waals surface area contributed by atoms with Crippen molar-refractivity contribution in [1.29, 1.82) is 0 Å². The highest BCUT2D eigenvalue weighted by atomic mass is 127. The average molecular weight is 436 g/mol. The Balaban J connectivity index is 1.61. The zero-order chi connectivity index (χ0) is 16.7. The normalized spacial score (nSPS) is 16.7. The summed E-state index contributed by atoms with van der Waals surface area (Å²) in [5.41, 5.74) is 1.91. The van der Waals surface area contributed by atoms with Crippen molar-refractivity contribution in [3.8, 4) is 23.8 Å². The molecule has 7 heteroatoms. The lowest BCUT2D eigenvalue weighted by Gasteiger charge is -2.26. The molecule has 2 aliphatic heterocycles. The molecule has 1 atom stereocenters. The zero-order valence-corrected chi connectivity index (χ0v) is 14.9. The van der Waals surface area contributed by atoms with E-state index in [-0.39, 0.29) is 6.17 Å². The van der Waals surface area contributed by atoms with Crippen LogP contribution in [0.1, 0.15) is 18.4 Å². The summed E-state index contributed by atoms with van der Waals surface area (Å²) in [6.45, 7) is 0.706. The molecular formula is C17H14FIN4O. The van der Waals surface area contributed by atoms with Crippen LogP contribution in [0.5, 0.6) is 11.5 Å². The van der Waals surface area contributed by atoms with Crippen molar-refractivity contribution in [1.82, 2.24) is 9.97 Å². The number of rotatable bonds is 5. The van der Waals surface area contributed by atoms with E-state index >= 15 is 0 Å². The lowest BCUT2D eigenvalue weighted by atomic mass is 10.1. The molecule has 1 N–H and O–H groups in total. The molecule has 0 aliphatic carbocycles. The summed E-state index contributed by atoms with van der Waals surface area (Å²) in [5, 5.41) is 3.39. The standard InChI is InChI=1S/C17H14FIN4O/c1-2-3-4-7-23-14(21-12-9-20-17(18)22-16(12)23)8-10-11(19)5-6-13-15(10)24-13/h1,5-6,9,14,21H,3-4,7-8H2. The van der Waals surface area contributed by atoms with Crippen LogP contribution >= 0.6 is 22.6 Å². The van der Waals surface area contributed by atoms with Gasteiger partial charge >= 0.3 is 6.08 Å². The van der Waals surface area contributed by atoms with Crippen LogP contribution in [0.2, 0.25) is 0 Å². The fraction of sp³-hybridized carbons (Fsp3) is 0.294. The van der Waals surface area contributed by atoms with E-state index in [1.54, 1.807) is 0 Å². The van der Waals surface area contributed by atoms with E-state index in [4.69, 9.17) is 11.2 Å². The Morgan fingerprint density at radius 2 is 2.33 bits per heavy atom. The predicted molar refractivity (Wildman–Crippen MR) is 97.8 cm³/mol. The molecule has 24 heavy (non-hydrogen) atoms. The molecule has 1 aromatic heterocycles. The fourth-order valence-corrected chi connectivity index (χ4v) is 3.64. The highest BCUT2D eigenvalue weighted by molar-refractivity contribution is 14.1. The van der Waals surface area contributed by atoms with Gasteiger partial charge < -0.3 is 15.0 Å². The van der Waals surface area contributed by atoms with Crippen LogP contribution < -0.4 is 15.0 Å². The third-order valence-electron chi connectivity index (χ3n) is 4.16. The first kappa shape index (κ1) is 15.4. The molecule has 5 nitrogen and oxygen atoms in total. The fourth-order valence-electron chi connectivity index (χ4n) is 3.00. The van der Waals surface area contributed by atoms with Gasteiger partial charge in [0.2, 0.25) is 0 Å². The van der Waals surface area contributed by atoms with Gasteiger partial charge in [-0.3, -0.25) is 0 Å². The van der Waals surface area contributed by atoms with E-state index in [9.17, 15) is 4.39 Å². The first-order chi connectivity index (χ1) is 11.7. The van der Waals surface area contributed by atoms with Crippen LogP contribution in [-0.4, -0.2) is 22.7 Å². The second-order valence-corrected chi connectivity index (χ2v) is 6.86. The van der Waals surface area contributed by atoms with Crippen molar-refractivity contribution < 1.29 is 9.13 Å². The lowest BCUT2D eigenvalue weighted by molar-refractivity contribution is 0.536. The number of anilines is 2. The average Bonchev–Trinajstić information content (AvgIpc) is 3.28. The first-order valence-corrected chi connectivity index (χ1v) is 8.73. The zero-order valence-electron chi connectivity index (χ0n) is 12.7. The molecule has 2 aromatic rings. The Hall–Kier alpha value is -2.08. The molecule has 2 aliphatic rings. The maximum absolute atomic E-state index is 13.5. The Bertz CT molecular complexity index is 847. The van der Waals surface area contributed by atoms with Gasteiger partial charge in [0.25, 0.3) is 0 Å². The van der Waals surface area contributed by atoms with E-state index in [0.717, 1.165) is 39.2 Å². The lowest BCUT2D eigenvalue weighted by Crippen LogP contribution is -2.38. The summed E-state index contributed by atoms with van der Waals surface area (Å²) < 4.78 is 20.2. The summed E-state index contributed by atoms with van der Waals surface area (Å²) in [6, 6.07) is 4.02. The minimum Gasteiger partial charge on any atom is -0.449 e. The number of nitrogens with one attached hydrogen (secondary N) is 1. The number of ether oxygens (including phenoxy) is 1. The number of aromatic nitrogens is 2. The summed E-state index contributed by atoms with van der Waals surface area (Å²) in [7, 11) is 0. The van der Waals surface area contributed by atoms with Gasteiger partial charge in [-0.25, -0.2) is 4.98 Å². The monoisotopic (exact) mass is 436 g/mol. The molecule has 0 radical (unpaired) electrons. The Morgan fingerprint density at radius 1 is 1.46 bits per heavy atom. The van der Waals surface area contributed by atoms with Crippen molar-refractivity contribution in [2.45, 2.75) is 25.4 Å². The molecule has 0 saturated heterocycles. The van der Waals surface area contributed by atoms with E-state index in [2.05, 4.69) is 48.7 Å². The Kier molecular flexibility index (Phi) is 3.92. The predicted octanol–water partition coefficient (Wildman–Crippen LogP) is 3.54. The van der Waals surface area contributed by atoms with Gasteiger partial charge in [0.05, 0.1) is 11.9 Å². The van der Waals surface area contributed by atoms with E-state index in [1.165, 1.54) is 6.20 Å². The molecule has 122 valence electrons. The molecule has 0 amide bonds. The molecule has 1 unspecified atom stereocenters. The third-order valence-corrected chi connectivity index (χ3v) is 5.18. The smallest absolute Gasteiger partial charge is 0.310 e. The highest BCUT2D eigenvalue weighted by Crippen LogP contribution is 2.50. The van der Waals surface area contributed by atoms with Crippen molar-refractivity contribution in [2.24, 2.45) is 0 Å². The Labute approximate surface area is 152 Å². The molecule has 0 spiro atoms. The van der Waals surface area contributed by atoms with Gasteiger partial charge in [-0.15, -0.1) is 12.3 Å². The van der Waals surface area contributed by atoms with Crippen LogP contribution in [0, 0.1) is 22.0 Å². The van der Waals surface area contributed by atoms with Crippen molar-refractivity contribution in [3.05, 3.63) is 33.5 Å². The van der Waals surface area contributed by atoms with E-state index < -0.39 is 6.08 Å². The van der Waals surface area contributed by atoms with Gasteiger partial charge in [-0.1, -0.05) is 0 Å². The summed E-state index contributed by atoms with van der Waals surface area (Å²) >= 11 is 2.31. The van der Waals surface area contributed by atoms with Gasteiger partial charge in [0.1, 0.15) is 6.17 Å².